The molecule has 3 aromatic heterocycles. The quantitative estimate of drug-likeness (QED) is 0.388. The minimum Gasteiger partial charge on any atom is -0.353 e. The van der Waals surface area contributed by atoms with Crippen LogP contribution in [0, 0.1) is 0 Å². The van der Waals surface area contributed by atoms with E-state index in [1.807, 2.05) is 0 Å². The predicted molar refractivity (Wildman–Crippen MR) is 119 cm³/mol. The molecule has 1 aromatic carbocycles. The van der Waals surface area contributed by atoms with Gasteiger partial charge in [-0.1, -0.05) is 5.16 Å². The van der Waals surface area contributed by atoms with Gasteiger partial charge >= 0.3 is 6.18 Å². The van der Waals surface area contributed by atoms with Crippen LogP contribution in [0.2, 0.25) is 0 Å². The number of aromatic nitrogens is 5. The number of likely N-dealkylation sites (N-methyl/N-ethyl adjacent to an activating group) is 1. The Morgan fingerprint density at radius 3 is 2.81 bits per heavy atom. The van der Waals surface area contributed by atoms with Crippen molar-refractivity contribution in [3.8, 4) is 11.6 Å². The Labute approximate surface area is 201 Å². The Hall–Kier alpha value is -4.33. The summed E-state index contributed by atoms with van der Waals surface area (Å²) < 4.78 is 44.3. The van der Waals surface area contributed by atoms with Gasteiger partial charge in [-0.3, -0.25) is 14.5 Å². The van der Waals surface area contributed by atoms with E-state index in [1.54, 1.807) is 18.9 Å². The zero-order valence-corrected chi connectivity index (χ0v) is 19.0. The number of benzene rings is 1. The van der Waals surface area contributed by atoms with Crippen LogP contribution < -0.4 is 10.6 Å². The van der Waals surface area contributed by atoms with E-state index in [0.29, 0.717) is 23.3 Å². The third-order valence-corrected chi connectivity index (χ3v) is 5.62. The van der Waals surface area contributed by atoms with Crippen molar-refractivity contribution in [2.75, 3.05) is 18.9 Å². The van der Waals surface area contributed by atoms with E-state index < -0.39 is 23.7 Å². The number of amides is 2. The Kier molecular flexibility index (Phi) is 5.67. The Morgan fingerprint density at radius 2 is 2.03 bits per heavy atom. The number of H-pyrrole nitrogens is 1. The Morgan fingerprint density at radius 1 is 1.22 bits per heavy atom. The number of nitrogens with zero attached hydrogens (tertiary/aromatic N) is 5. The van der Waals surface area contributed by atoms with Crippen molar-refractivity contribution < 1.29 is 27.3 Å². The second-order valence-electron chi connectivity index (χ2n) is 8.40. The van der Waals surface area contributed by atoms with E-state index in [9.17, 15) is 22.8 Å². The molecule has 2 amide bonds. The summed E-state index contributed by atoms with van der Waals surface area (Å²) in [5.41, 5.74) is 0.687. The number of fused-ring (bicyclic) bond motifs is 2. The van der Waals surface area contributed by atoms with Gasteiger partial charge in [0.1, 0.15) is 23.5 Å². The molecule has 0 fully saturated rings. The number of nitrogens with one attached hydrogen (secondary N) is 3. The molecule has 5 rings (SSSR count). The molecule has 0 aliphatic carbocycles. The van der Waals surface area contributed by atoms with Crippen LogP contribution >= 0.6 is 0 Å². The highest BCUT2D eigenvalue weighted by Crippen LogP contribution is 2.32. The Balaban J connectivity index is 1.35. The second kappa shape index (κ2) is 8.71. The number of hydrogen-bond donors (Lipinski definition) is 3. The highest BCUT2D eigenvalue weighted by molar-refractivity contribution is 5.98. The highest BCUT2D eigenvalue weighted by atomic mass is 19.4. The number of anilines is 1. The zero-order valence-electron chi connectivity index (χ0n) is 19.0. The molecule has 1 atom stereocenters. The summed E-state index contributed by atoms with van der Waals surface area (Å²) in [7, 11) is 1.74. The molecule has 1 aliphatic heterocycles. The maximum Gasteiger partial charge on any atom is 0.416 e. The van der Waals surface area contributed by atoms with E-state index in [2.05, 4.69) is 35.7 Å². The molecule has 0 radical (unpaired) electrons. The lowest BCUT2D eigenvalue weighted by Gasteiger charge is -2.15. The Bertz CT molecular complexity index is 1480. The van der Waals surface area contributed by atoms with Crippen LogP contribution in [-0.2, 0) is 17.5 Å². The summed E-state index contributed by atoms with van der Waals surface area (Å²) in [5, 5.41) is 9.41. The van der Waals surface area contributed by atoms with E-state index in [-0.39, 0.29) is 41.1 Å². The van der Waals surface area contributed by atoms with Crippen LogP contribution in [0.5, 0.6) is 0 Å². The summed E-state index contributed by atoms with van der Waals surface area (Å²) in [6.07, 6.45) is -3.28. The van der Waals surface area contributed by atoms with Crippen LogP contribution in [0.1, 0.15) is 40.3 Å². The maximum atomic E-state index is 13.0. The van der Waals surface area contributed by atoms with Crippen LogP contribution in [-0.4, -0.2) is 55.4 Å². The first-order valence-electron chi connectivity index (χ1n) is 10.8. The van der Waals surface area contributed by atoms with Gasteiger partial charge in [0.2, 0.25) is 11.7 Å². The van der Waals surface area contributed by atoms with Crippen molar-refractivity contribution in [3.63, 3.8) is 0 Å². The first kappa shape index (κ1) is 23.4. The number of imidazole rings is 1. The topological polar surface area (TPSA) is 142 Å². The molecule has 0 saturated heterocycles. The van der Waals surface area contributed by atoms with Gasteiger partial charge in [-0.25, -0.2) is 15.0 Å². The minimum absolute atomic E-state index is 0.113. The summed E-state index contributed by atoms with van der Waals surface area (Å²) >= 11 is 0. The number of rotatable bonds is 4. The molecule has 0 saturated carbocycles. The maximum absolute atomic E-state index is 13.0. The van der Waals surface area contributed by atoms with Gasteiger partial charge in [0.25, 0.3) is 5.91 Å². The largest absolute Gasteiger partial charge is 0.416 e. The minimum atomic E-state index is -4.48. The van der Waals surface area contributed by atoms with Crippen molar-refractivity contribution >= 4 is 28.7 Å². The number of carbonyl (C=O) groups excluding carboxylic acids is 2. The van der Waals surface area contributed by atoms with Gasteiger partial charge in [0.05, 0.1) is 29.2 Å². The molecule has 0 bridgehead atoms. The van der Waals surface area contributed by atoms with Gasteiger partial charge in [-0.05, 0) is 32.2 Å². The number of alkyl halides is 3. The summed E-state index contributed by atoms with van der Waals surface area (Å²) in [6, 6.07) is 4.11. The van der Waals surface area contributed by atoms with E-state index in [4.69, 9.17) is 4.52 Å². The normalized spacial score (nSPS) is 15.3. The van der Waals surface area contributed by atoms with Gasteiger partial charge in [0.15, 0.2) is 5.82 Å². The summed E-state index contributed by atoms with van der Waals surface area (Å²) in [5.74, 6) is -0.0827. The SMILES string of the molecule is C[C@H](NC(=O)c1ncnc2c1CN(C)CC(=O)N2)c1cc(-c2nc3ccc(C(F)(F)F)cc3[nH]2)on1. The summed E-state index contributed by atoms with van der Waals surface area (Å²) in [6.45, 7) is 2.12. The third kappa shape index (κ3) is 4.49. The highest BCUT2D eigenvalue weighted by Gasteiger charge is 2.31. The molecule has 4 aromatic rings. The molecule has 3 N–H and O–H groups in total. The lowest BCUT2D eigenvalue weighted by Crippen LogP contribution is -2.30. The molecule has 14 heteroatoms. The van der Waals surface area contributed by atoms with Crippen LogP contribution in [0.3, 0.4) is 0 Å². The van der Waals surface area contributed by atoms with Crippen LogP contribution in [0.4, 0.5) is 19.0 Å². The molecular formula is C22H19F3N8O3. The van der Waals surface area contributed by atoms with Gasteiger partial charge < -0.3 is 20.1 Å². The van der Waals surface area contributed by atoms with Gasteiger partial charge in [-0.15, -0.1) is 0 Å². The van der Waals surface area contributed by atoms with Crippen molar-refractivity contribution in [1.82, 2.24) is 35.3 Å². The van der Waals surface area contributed by atoms with E-state index >= 15 is 0 Å². The molecule has 4 heterocycles. The molecule has 1 aliphatic rings. The van der Waals surface area contributed by atoms with E-state index in [1.165, 1.54) is 18.5 Å². The van der Waals surface area contributed by atoms with Crippen LogP contribution in [0.15, 0.2) is 35.1 Å². The van der Waals surface area contributed by atoms with E-state index in [0.717, 1.165) is 12.1 Å². The fourth-order valence-corrected chi connectivity index (χ4v) is 3.85. The molecule has 186 valence electrons. The smallest absolute Gasteiger partial charge is 0.353 e. The monoisotopic (exact) mass is 500 g/mol. The second-order valence-corrected chi connectivity index (χ2v) is 8.40. The molecule has 0 spiro atoms. The molecular weight excluding hydrogens is 481 g/mol. The summed E-state index contributed by atoms with van der Waals surface area (Å²) in [4.78, 5) is 41.9. The third-order valence-electron chi connectivity index (χ3n) is 5.62. The van der Waals surface area contributed by atoms with Crippen molar-refractivity contribution in [2.45, 2.75) is 25.7 Å². The van der Waals surface area contributed by atoms with Gasteiger partial charge in [0, 0.05) is 18.2 Å². The standard InChI is InChI=1S/C22H19F3N8O3/c1-10(28-21(35)18-12-7-33(2)8-17(34)31-19(12)27-9-26-18)14-6-16(36-32-14)20-29-13-4-3-11(22(23,24)25)5-15(13)30-20/h3-6,9-10H,7-8H2,1-2H3,(H,28,35)(H,29,30)(H,26,27,31,34)/t10-/m0/s1. The fourth-order valence-electron chi connectivity index (χ4n) is 3.85. The number of hydrogen-bond acceptors (Lipinski definition) is 8. The molecule has 36 heavy (non-hydrogen) atoms. The number of halogens is 3. The van der Waals surface area contributed by atoms with Gasteiger partial charge in [-0.2, -0.15) is 13.2 Å². The number of carbonyl (C=O) groups is 2. The van der Waals surface area contributed by atoms with Crippen molar-refractivity contribution in [1.29, 1.82) is 0 Å². The number of aromatic amines is 1. The van der Waals surface area contributed by atoms with Crippen molar-refractivity contribution in [3.05, 3.63) is 53.1 Å². The fraction of sp³-hybridized carbons (Fsp3) is 0.273. The lowest BCUT2D eigenvalue weighted by molar-refractivity contribution is -0.137. The first-order valence-corrected chi connectivity index (χ1v) is 10.8. The molecule has 11 nitrogen and oxygen atoms in total. The van der Waals surface area contributed by atoms with Crippen LogP contribution in [0.25, 0.3) is 22.6 Å². The predicted octanol–water partition coefficient (Wildman–Crippen LogP) is 2.90. The average Bonchev–Trinajstić information content (AvgIpc) is 3.42. The first-order chi connectivity index (χ1) is 17.1. The lowest BCUT2D eigenvalue weighted by atomic mass is 10.1. The average molecular weight is 500 g/mol. The van der Waals surface area contributed by atoms with Crippen molar-refractivity contribution in [2.24, 2.45) is 0 Å². The molecule has 0 unspecified atom stereocenters. The zero-order chi connectivity index (χ0) is 25.6.